The number of carbonyl (C=O) groups excluding carboxylic acids is 1. The van der Waals surface area contributed by atoms with Gasteiger partial charge in [0.2, 0.25) is 5.95 Å². The molecular formula is C22H27F3N4O5S. The van der Waals surface area contributed by atoms with Gasteiger partial charge in [0.1, 0.15) is 0 Å². The smallest absolute Gasteiger partial charge is 0.434 e. The van der Waals surface area contributed by atoms with E-state index in [0.717, 1.165) is 17.5 Å². The molecule has 6 rings (SSSR count). The Morgan fingerprint density at radius 3 is 2.29 bits per heavy atom. The van der Waals surface area contributed by atoms with Crippen LogP contribution in [0.1, 0.15) is 61.0 Å². The first-order valence-electron chi connectivity index (χ1n) is 11.8. The van der Waals surface area contributed by atoms with Gasteiger partial charge in [-0.1, -0.05) is 0 Å². The second-order valence-electron chi connectivity index (χ2n) is 10.7. The van der Waals surface area contributed by atoms with Crippen molar-refractivity contribution in [1.29, 1.82) is 0 Å². The number of carboxylic acids is 1. The highest BCUT2D eigenvalue weighted by atomic mass is 32.2. The van der Waals surface area contributed by atoms with E-state index in [1.807, 2.05) is 0 Å². The second-order valence-corrected chi connectivity index (χ2v) is 13.0. The molecule has 1 saturated heterocycles. The van der Waals surface area contributed by atoms with E-state index in [0.29, 0.717) is 38.5 Å². The summed E-state index contributed by atoms with van der Waals surface area (Å²) in [5.74, 6) is -2.24. The SMILES string of the molecule is O=C(c1cnc(NC23CCC4(C(=O)O)CC(CC(C2)C4)C3)nc1C(F)(F)F)N1CCS(=O)(=O)CC1. The average molecular weight is 517 g/mol. The first-order chi connectivity index (χ1) is 16.3. The quantitative estimate of drug-likeness (QED) is 0.625. The van der Waals surface area contributed by atoms with Crippen molar-refractivity contribution >= 4 is 27.7 Å². The molecule has 9 nitrogen and oxygen atoms in total. The number of aliphatic carboxylic acids is 1. The summed E-state index contributed by atoms with van der Waals surface area (Å²) < 4.78 is 65.0. The fourth-order valence-corrected chi connectivity index (χ4v) is 8.00. The Bertz CT molecular complexity index is 1140. The van der Waals surface area contributed by atoms with Crippen LogP contribution in [0.3, 0.4) is 0 Å². The maximum Gasteiger partial charge on any atom is 0.434 e. The number of hydrogen-bond donors (Lipinski definition) is 2. The predicted octanol–water partition coefficient (Wildman–Crippen LogP) is 2.59. The number of amides is 1. The standard InChI is InChI=1S/C22H27F3N4O5S/c23-22(24,25)16-15(17(30)29-3-5-35(33,34)6-4-29)12-26-19(27-16)28-21-2-1-20(18(31)32)8-13(10-21)7-14(9-20)11-21/h12-14H,1-11H2,(H,31,32)(H,26,27,28). The highest BCUT2D eigenvalue weighted by Gasteiger charge is 2.56. The molecule has 4 bridgehead atoms. The first-order valence-corrected chi connectivity index (χ1v) is 13.6. The summed E-state index contributed by atoms with van der Waals surface area (Å²) in [6.07, 6.45) is 0.256. The van der Waals surface area contributed by atoms with Crippen LogP contribution in [-0.4, -0.2) is 70.4 Å². The maximum absolute atomic E-state index is 13.9. The Morgan fingerprint density at radius 1 is 1.09 bits per heavy atom. The third-order valence-corrected chi connectivity index (χ3v) is 9.83. The normalized spacial score (nSPS) is 33.9. The fourth-order valence-electron chi connectivity index (χ4n) is 6.80. The summed E-state index contributed by atoms with van der Waals surface area (Å²) in [7, 11) is -3.31. The zero-order valence-electron chi connectivity index (χ0n) is 19.0. The molecule has 13 heteroatoms. The van der Waals surface area contributed by atoms with Gasteiger partial charge in [-0.15, -0.1) is 0 Å². The summed E-state index contributed by atoms with van der Waals surface area (Å²) in [5.41, 5.74) is -3.44. The summed E-state index contributed by atoms with van der Waals surface area (Å²) in [5, 5.41) is 13.0. The van der Waals surface area contributed by atoms with Crippen molar-refractivity contribution < 1.29 is 36.3 Å². The molecule has 1 aliphatic heterocycles. The molecule has 35 heavy (non-hydrogen) atoms. The highest BCUT2D eigenvalue weighted by molar-refractivity contribution is 7.91. The van der Waals surface area contributed by atoms with Gasteiger partial charge in [0.15, 0.2) is 15.5 Å². The van der Waals surface area contributed by atoms with Crippen LogP contribution in [0.2, 0.25) is 0 Å². The van der Waals surface area contributed by atoms with E-state index in [1.165, 1.54) is 0 Å². The number of sulfone groups is 1. The molecule has 5 fully saturated rings. The number of carboxylic acid groups (broad SMARTS) is 1. The lowest BCUT2D eigenvalue weighted by molar-refractivity contribution is -0.153. The van der Waals surface area contributed by atoms with Gasteiger partial charge in [0, 0.05) is 24.8 Å². The molecule has 0 spiro atoms. The minimum atomic E-state index is -4.92. The predicted molar refractivity (Wildman–Crippen MR) is 117 cm³/mol. The maximum atomic E-state index is 13.9. The van der Waals surface area contributed by atoms with Crippen LogP contribution in [0.5, 0.6) is 0 Å². The lowest BCUT2D eigenvalue weighted by Gasteiger charge is -2.47. The first kappa shape index (κ1) is 24.3. The minimum Gasteiger partial charge on any atom is -0.481 e. The topological polar surface area (TPSA) is 130 Å². The van der Waals surface area contributed by atoms with Crippen molar-refractivity contribution in [3.8, 4) is 0 Å². The number of hydrogen-bond acceptors (Lipinski definition) is 7. The highest BCUT2D eigenvalue weighted by Crippen LogP contribution is 2.59. The Kier molecular flexibility index (Phi) is 5.57. The number of nitrogens with zero attached hydrogens (tertiary/aromatic N) is 3. The van der Waals surface area contributed by atoms with Crippen LogP contribution in [-0.2, 0) is 20.8 Å². The number of halogens is 3. The van der Waals surface area contributed by atoms with Crippen molar-refractivity contribution in [2.24, 2.45) is 17.3 Å². The number of rotatable bonds is 4. The van der Waals surface area contributed by atoms with Gasteiger partial charge in [-0.2, -0.15) is 13.2 Å². The van der Waals surface area contributed by atoms with E-state index >= 15 is 0 Å². The molecule has 4 aliphatic carbocycles. The Morgan fingerprint density at radius 2 is 1.71 bits per heavy atom. The third kappa shape index (κ3) is 4.47. The van der Waals surface area contributed by atoms with Crippen molar-refractivity contribution in [1.82, 2.24) is 14.9 Å². The van der Waals surface area contributed by atoms with Crippen LogP contribution in [0.4, 0.5) is 19.1 Å². The number of alkyl halides is 3. The molecular weight excluding hydrogens is 489 g/mol. The van der Waals surface area contributed by atoms with Crippen molar-refractivity contribution in [3.63, 3.8) is 0 Å². The van der Waals surface area contributed by atoms with E-state index in [4.69, 9.17) is 0 Å². The molecule has 2 heterocycles. The van der Waals surface area contributed by atoms with Crippen LogP contribution in [0.15, 0.2) is 6.20 Å². The molecule has 5 aliphatic rings. The van der Waals surface area contributed by atoms with Crippen molar-refractivity contribution in [2.45, 2.75) is 56.7 Å². The van der Waals surface area contributed by atoms with Gasteiger partial charge in [0.05, 0.1) is 22.5 Å². The summed E-state index contributed by atoms with van der Waals surface area (Å²) in [6, 6.07) is 0. The number of nitrogens with one attached hydrogen (secondary N) is 1. The second kappa shape index (κ2) is 8.04. The van der Waals surface area contributed by atoms with E-state index in [2.05, 4.69) is 15.3 Å². The van der Waals surface area contributed by atoms with Gasteiger partial charge >= 0.3 is 12.1 Å². The summed E-state index contributed by atoms with van der Waals surface area (Å²) >= 11 is 0. The summed E-state index contributed by atoms with van der Waals surface area (Å²) in [6.45, 7) is -0.370. The van der Waals surface area contributed by atoms with Crippen LogP contribution in [0, 0.1) is 17.3 Å². The Balaban J connectivity index is 1.42. The number of aromatic nitrogens is 2. The summed E-state index contributed by atoms with van der Waals surface area (Å²) in [4.78, 5) is 33.7. The van der Waals surface area contributed by atoms with Gasteiger partial charge in [-0.3, -0.25) is 9.59 Å². The Hall–Kier alpha value is -2.44. The largest absolute Gasteiger partial charge is 0.481 e. The van der Waals surface area contributed by atoms with Crippen molar-refractivity contribution in [3.05, 3.63) is 17.5 Å². The molecule has 2 atom stereocenters. The molecule has 0 aromatic carbocycles. The molecule has 1 aromatic rings. The fraction of sp³-hybridized carbons (Fsp3) is 0.727. The van der Waals surface area contributed by atoms with E-state index in [9.17, 15) is 36.3 Å². The molecule has 1 amide bonds. The van der Waals surface area contributed by atoms with Gasteiger partial charge in [-0.05, 0) is 56.8 Å². The van der Waals surface area contributed by atoms with Gasteiger partial charge in [-0.25, -0.2) is 18.4 Å². The lowest BCUT2D eigenvalue weighted by atomic mass is 9.60. The van der Waals surface area contributed by atoms with Gasteiger partial charge in [0.25, 0.3) is 5.91 Å². The molecule has 2 unspecified atom stereocenters. The van der Waals surface area contributed by atoms with E-state index in [1.54, 1.807) is 0 Å². The third-order valence-electron chi connectivity index (χ3n) is 8.22. The average Bonchev–Trinajstić information content (AvgIpc) is 2.94. The van der Waals surface area contributed by atoms with E-state index < -0.39 is 50.1 Å². The number of carbonyl (C=O) groups is 2. The zero-order chi connectivity index (χ0) is 25.2. The van der Waals surface area contributed by atoms with Crippen LogP contribution >= 0.6 is 0 Å². The molecule has 4 saturated carbocycles. The van der Waals surface area contributed by atoms with Crippen LogP contribution < -0.4 is 5.32 Å². The minimum absolute atomic E-state index is 0.173. The number of anilines is 1. The van der Waals surface area contributed by atoms with Crippen LogP contribution in [0.25, 0.3) is 0 Å². The number of fused-ring (bicyclic) bond motifs is 1. The monoisotopic (exact) mass is 516 g/mol. The van der Waals surface area contributed by atoms with E-state index in [-0.39, 0.29) is 42.4 Å². The molecule has 0 radical (unpaired) electrons. The molecule has 192 valence electrons. The Labute approximate surface area is 200 Å². The van der Waals surface area contributed by atoms with Crippen molar-refractivity contribution in [2.75, 3.05) is 29.9 Å². The zero-order valence-corrected chi connectivity index (χ0v) is 19.8. The van der Waals surface area contributed by atoms with Gasteiger partial charge < -0.3 is 15.3 Å². The molecule has 1 aromatic heterocycles. The lowest BCUT2D eigenvalue weighted by Crippen LogP contribution is -2.47. The molecule has 2 N–H and O–H groups in total.